The van der Waals surface area contributed by atoms with E-state index in [0.717, 1.165) is 6.20 Å². The van der Waals surface area contributed by atoms with Gasteiger partial charge in [0.1, 0.15) is 11.8 Å². The largest absolute Gasteiger partial charge is 0.311 e. The molecule has 1 aromatic heterocycles. The Morgan fingerprint density at radius 1 is 1.36 bits per heavy atom. The van der Waals surface area contributed by atoms with Crippen molar-refractivity contribution in [2.75, 3.05) is 0 Å². The van der Waals surface area contributed by atoms with Gasteiger partial charge in [0.25, 0.3) is 5.69 Å². The Bertz CT molecular complexity index is 420. The number of hydrogen-bond acceptors (Lipinski definition) is 5. The second-order valence-electron chi connectivity index (χ2n) is 2.42. The molecule has 1 aromatic rings. The van der Waals surface area contributed by atoms with Crippen LogP contribution in [0.25, 0.3) is 0 Å². The van der Waals surface area contributed by atoms with Gasteiger partial charge in [0, 0.05) is 0 Å². The molecule has 1 rings (SSSR count). The van der Waals surface area contributed by atoms with Gasteiger partial charge in [0.2, 0.25) is 0 Å². The Kier molecular flexibility index (Phi) is 2.75. The number of halogens is 1. The van der Waals surface area contributed by atoms with Crippen LogP contribution in [0.15, 0.2) is 10.8 Å². The lowest BCUT2D eigenvalue weighted by Crippen LogP contribution is -2.00. The second-order valence-corrected chi connectivity index (χ2v) is 3.17. The van der Waals surface area contributed by atoms with Crippen LogP contribution in [0.3, 0.4) is 0 Å². The van der Waals surface area contributed by atoms with Crippen molar-refractivity contribution in [2.45, 2.75) is 6.92 Å². The molecule has 0 atom stereocenters. The van der Waals surface area contributed by atoms with E-state index in [1.807, 2.05) is 0 Å². The average molecular weight is 262 g/mol. The number of aromatic nitrogens is 1. The summed E-state index contributed by atoms with van der Waals surface area (Å²) in [5, 5.41) is 21.0. The molecule has 0 spiro atoms. The van der Waals surface area contributed by atoms with E-state index in [2.05, 4.69) is 20.9 Å². The first-order valence-corrected chi connectivity index (χ1v) is 4.18. The van der Waals surface area contributed by atoms with Gasteiger partial charge in [0.15, 0.2) is 4.60 Å². The third-order valence-corrected chi connectivity index (χ3v) is 2.19. The highest BCUT2D eigenvalue weighted by atomic mass is 79.9. The number of rotatable bonds is 2. The predicted octanol–water partition coefficient (Wildman–Crippen LogP) is 1.97. The molecule has 0 aliphatic carbocycles. The van der Waals surface area contributed by atoms with Crippen molar-refractivity contribution in [1.29, 1.82) is 0 Å². The molecule has 14 heavy (non-hydrogen) atoms. The summed E-state index contributed by atoms with van der Waals surface area (Å²) in [6, 6.07) is 0. The summed E-state index contributed by atoms with van der Waals surface area (Å²) in [5.41, 5.74) is -0.749. The fourth-order valence-electron chi connectivity index (χ4n) is 0.948. The molecule has 7 nitrogen and oxygen atoms in total. The van der Waals surface area contributed by atoms with Gasteiger partial charge in [-0.3, -0.25) is 20.2 Å². The molecule has 0 saturated carbocycles. The third kappa shape index (κ3) is 1.69. The Morgan fingerprint density at radius 3 is 2.36 bits per heavy atom. The van der Waals surface area contributed by atoms with Crippen LogP contribution in [-0.2, 0) is 0 Å². The molecule has 0 saturated heterocycles. The van der Waals surface area contributed by atoms with E-state index in [1.165, 1.54) is 6.92 Å². The fourth-order valence-corrected chi connectivity index (χ4v) is 1.49. The van der Waals surface area contributed by atoms with E-state index in [1.54, 1.807) is 0 Å². The van der Waals surface area contributed by atoms with E-state index in [9.17, 15) is 20.2 Å². The summed E-state index contributed by atoms with van der Waals surface area (Å²) in [4.78, 5) is 23.1. The fraction of sp³-hybridized carbons (Fsp3) is 0.167. The standard InChI is InChI=1S/C6H4BrN3O4/c1-3-4(9(11)12)2-8-6(7)5(3)10(13)14/h2H,1H3. The molecule has 0 N–H and O–H groups in total. The first-order chi connectivity index (χ1) is 6.45. The summed E-state index contributed by atoms with van der Waals surface area (Å²) < 4.78 is -0.00870. The van der Waals surface area contributed by atoms with Crippen LogP contribution in [0.4, 0.5) is 11.4 Å². The molecule has 0 amide bonds. The van der Waals surface area contributed by atoms with E-state index >= 15 is 0 Å². The molecule has 0 fully saturated rings. The number of hydrogen-bond donors (Lipinski definition) is 0. The second kappa shape index (κ2) is 3.66. The zero-order chi connectivity index (χ0) is 10.9. The van der Waals surface area contributed by atoms with Crippen molar-refractivity contribution in [3.63, 3.8) is 0 Å². The summed E-state index contributed by atoms with van der Waals surface area (Å²) >= 11 is 2.86. The van der Waals surface area contributed by atoms with Crippen molar-refractivity contribution < 1.29 is 9.85 Å². The minimum atomic E-state index is -0.709. The summed E-state index contributed by atoms with van der Waals surface area (Å²) in [7, 11) is 0. The quantitative estimate of drug-likeness (QED) is 0.460. The molecule has 0 aromatic carbocycles. The molecule has 0 radical (unpaired) electrons. The van der Waals surface area contributed by atoms with Gasteiger partial charge in [-0.1, -0.05) is 0 Å². The van der Waals surface area contributed by atoms with Crippen LogP contribution in [-0.4, -0.2) is 14.8 Å². The Morgan fingerprint density at radius 2 is 1.93 bits per heavy atom. The van der Waals surface area contributed by atoms with Crippen molar-refractivity contribution in [2.24, 2.45) is 0 Å². The van der Waals surface area contributed by atoms with Crippen molar-refractivity contribution >= 4 is 27.3 Å². The zero-order valence-corrected chi connectivity index (χ0v) is 8.52. The van der Waals surface area contributed by atoms with E-state index in [-0.39, 0.29) is 21.5 Å². The van der Waals surface area contributed by atoms with Crippen LogP contribution < -0.4 is 0 Å². The molecule has 0 bridgehead atoms. The van der Waals surface area contributed by atoms with Gasteiger partial charge >= 0.3 is 5.69 Å². The molecular weight excluding hydrogens is 258 g/mol. The highest BCUT2D eigenvalue weighted by molar-refractivity contribution is 9.10. The summed E-state index contributed by atoms with van der Waals surface area (Å²) in [6.45, 7) is 1.31. The zero-order valence-electron chi connectivity index (χ0n) is 6.93. The monoisotopic (exact) mass is 261 g/mol. The van der Waals surface area contributed by atoms with E-state index in [4.69, 9.17) is 0 Å². The predicted molar refractivity (Wildman–Crippen MR) is 50.0 cm³/mol. The topological polar surface area (TPSA) is 99.2 Å². The lowest BCUT2D eigenvalue weighted by Gasteiger charge is -1.99. The Hall–Kier alpha value is -1.57. The van der Waals surface area contributed by atoms with E-state index < -0.39 is 9.85 Å². The SMILES string of the molecule is Cc1c([N+](=O)[O-])cnc(Br)c1[N+](=O)[O-]. The lowest BCUT2D eigenvalue weighted by molar-refractivity contribution is -0.396. The Balaban J connectivity index is 3.49. The summed E-state index contributed by atoms with van der Waals surface area (Å²) in [5.74, 6) is 0. The van der Waals surface area contributed by atoms with E-state index in [0.29, 0.717) is 0 Å². The molecule has 0 aliphatic rings. The highest BCUT2D eigenvalue weighted by Gasteiger charge is 2.25. The van der Waals surface area contributed by atoms with Crippen LogP contribution >= 0.6 is 15.9 Å². The van der Waals surface area contributed by atoms with Crippen molar-refractivity contribution in [1.82, 2.24) is 4.98 Å². The molecule has 0 aliphatic heterocycles. The maximum absolute atomic E-state index is 10.5. The maximum Gasteiger partial charge on any atom is 0.311 e. The maximum atomic E-state index is 10.5. The smallest absolute Gasteiger partial charge is 0.258 e. The van der Waals surface area contributed by atoms with Crippen LogP contribution in [0.5, 0.6) is 0 Å². The normalized spacial score (nSPS) is 9.86. The van der Waals surface area contributed by atoms with Gasteiger partial charge in [0.05, 0.1) is 9.85 Å². The number of nitro groups is 2. The van der Waals surface area contributed by atoms with Gasteiger partial charge in [-0.25, -0.2) is 4.98 Å². The number of nitrogens with zero attached hydrogens (tertiary/aromatic N) is 3. The minimum absolute atomic E-state index is 0.00870. The van der Waals surface area contributed by atoms with Gasteiger partial charge in [-0.05, 0) is 22.9 Å². The first kappa shape index (κ1) is 10.5. The molecule has 8 heteroatoms. The summed E-state index contributed by atoms with van der Waals surface area (Å²) in [6.07, 6.45) is 0.979. The van der Waals surface area contributed by atoms with Crippen LogP contribution in [0.2, 0.25) is 0 Å². The first-order valence-electron chi connectivity index (χ1n) is 3.39. The Labute approximate surface area is 86.2 Å². The van der Waals surface area contributed by atoms with Gasteiger partial charge < -0.3 is 0 Å². The van der Waals surface area contributed by atoms with Gasteiger partial charge in [-0.15, -0.1) is 0 Å². The average Bonchev–Trinajstić information content (AvgIpc) is 2.02. The molecule has 74 valence electrons. The van der Waals surface area contributed by atoms with Gasteiger partial charge in [-0.2, -0.15) is 0 Å². The lowest BCUT2D eigenvalue weighted by atomic mass is 10.2. The van der Waals surface area contributed by atoms with Crippen molar-refractivity contribution in [3.05, 3.63) is 36.6 Å². The highest BCUT2D eigenvalue weighted by Crippen LogP contribution is 2.31. The van der Waals surface area contributed by atoms with Crippen molar-refractivity contribution in [3.8, 4) is 0 Å². The number of pyridine rings is 1. The molecule has 0 unspecified atom stereocenters. The van der Waals surface area contributed by atoms with Crippen LogP contribution in [0.1, 0.15) is 5.56 Å². The minimum Gasteiger partial charge on any atom is -0.258 e. The third-order valence-electron chi connectivity index (χ3n) is 1.61. The molecular formula is C6H4BrN3O4. The molecule has 1 heterocycles. The van der Waals surface area contributed by atoms with Crippen LogP contribution in [0, 0.1) is 27.2 Å².